The van der Waals surface area contributed by atoms with E-state index in [-0.39, 0.29) is 29.6 Å². The molecule has 1 aromatic rings. The van der Waals surface area contributed by atoms with Crippen LogP contribution in [-0.4, -0.2) is 24.0 Å². The third-order valence-corrected chi connectivity index (χ3v) is 2.83. The Morgan fingerprint density at radius 2 is 1.78 bits per heavy atom. The van der Waals surface area contributed by atoms with E-state index >= 15 is 0 Å². The first kappa shape index (κ1) is 17.1. The van der Waals surface area contributed by atoms with Crippen molar-refractivity contribution in [1.29, 1.82) is 0 Å². The van der Waals surface area contributed by atoms with E-state index in [2.05, 4.69) is 6.58 Å². The molecular weight excluding hydrogens is 267 g/mol. The van der Waals surface area contributed by atoms with Crippen LogP contribution < -0.4 is 29.6 Å². The van der Waals surface area contributed by atoms with Crippen LogP contribution in [-0.2, 0) is 14.9 Å². The first-order valence-corrected chi connectivity index (χ1v) is 5.88. The van der Waals surface area contributed by atoms with E-state index in [1.165, 1.54) is 0 Å². The van der Waals surface area contributed by atoms with Gasteiger partial charge in [0.15, 0.2) is 0 Å². The molecule has 0 aliphatic carbocycles. The second-order valence-electron chi connectivity index (χ2n) is 3.16. The fourth-order valence-electron chi connectivity index (χ4n) is 1.12. The van der Waals surface area contributed by atoms with Gasteiger partial charge in [0.05, 0.1) is 10.5 Å². The first-order valence-electron chi connectivity index (χ1n) is 4.47. The molecule has 0 fully saturated rings. The fourth-order valence-corrected chi connectivity index (χ4v) is 1.79. The summed E-state index contributed by atoms with van der Waals surface area (Å²) in [5, 5.41) is 8.65. The summed E-state index contributed by atoms with van der Waals surface area (Å²) in [7, 11) is -4.88. The number of hydrogen-bond donors (Lipinski definition) is 1. The van der Waals surface area contributed by atoms with Crippen molar-refractivity contribution in [3.63, 3.8) is 0 Å². The van der Waals surface area contributed by atoms with Crippen LogP contribution in [0.4, 0.5) is 0 Å². The van der Waals surface area contributed by atoms with Crippen LogP contribution in [0.25, 0.3) is 6.08 Å². The number of hydrogen-bond acceptors (Lipinski definition) is 4. The third kappa shape index (κ3) is 4.75. The van der Waals surface area contributed by atoms with Gasteiger partial charge in [-0.05, 0) is 11.6 Å². The number of aliphatic carboxylic acids is 1. The summed E-state index contributed by atoms with van der Waals surface area (Å²) in [6.45, 7) is 3.07. The molecule has 0 saturated carbocycles. The van der Waals surface area contributed by atoms with Crippen molar-refractivity contribution in [3.05, 3.63) is 53.0 Å². The smallest absolute Gasteiger partial charge is 0.744 e. The zero-order valence-corrected chi connectivity index (χ0v) is 12.5. The minimum atomic E-state index is -4.88. The van der Waals surface area contributed by atoms with Crippen LogP contribution in [0.5, 0.6) is 0 Å². The quantitative estimate of drug-likeness (QED) is 0.303. The summed E-state index contributed by atoms with van der Waals surface area (Å²) >= 11 is 0. The van der Waals surface area contributed by atoms with Gasteiger partial charge in [0, 0.05) is 0 Å². The second-order valence-corrected chi connectivity index (χ2v) is 4.51. The van der Waals surface area contributed by atoms with Crippen molar-refractivity contribution in [2.24, 2.45) is 0 Å². The monoisotopic (exact) mass is 276 g/mol. The van der Waals surface area contributed by atoms with Crippen molar-refractivity contribution in [1.82, 2.24) is 0 Å². The van der Waals surface area contributed by atoms with Crippen LogP contribution in [0.1, 0.15) is 5.56 Å². The zero-order valence-electron chi connectivity index (χ0n) is 9.66. The average molecular weight is 276 g/mol. The van der Waals surface area contributed by atoms with E-state index < -0.39 is 26.6 Å². The van der Waals surface area contributed by atoms with Gasteiger partial charge in [0.1, 0.15) is 10.1 Å². The molecule has 7 heteroatoms. The largest absolute Gasteiger partial charge is 1.00 e. The van der Waals surface area contributed by atoms with Crippen LogP contribution >= 0.6 is 0 Å². The van der Waals surface area contributed by atoms with Crippen molar-refractivity contribution in [3.8, 4) is 0 Å². The Kier molecular flexibility index (Phi) is 6.51. The van der Waals surface area contributed by atoms with Gasteiger partial charge >= 0.3 is 35.5 Å². The molecule has 1 aromatic carbocycles. The Balaban J connectivity index is 0.00000289. The van der Waals surface area contributed by atoms with Gasteiger partial charge in [-0.3, -0.25) is 0 Å². The number of carbonyl (C=O) groups is 1. The van der Waals surface area contributed by atoms with Crippen molar-refractivity contribution >= 4 is 22.2 Å². The standard InChI is InChI=1S/C11H10O5S.Na/c1-8(11(12)13)10(17(14,15)16)7-9-5-3-2-4-6-9;/h2-7H,1H2,(H,12,13)(H,14,15,16);/q;+1/p-1. The number of carboxylic acid groups (broad SMARTS) is 1. The first-order chi connectivity index (χ1) is 7.82. The van der Waals surface area contributed by atoms with Gasteiger partial charge in [0.2, 0.25) is 0 Å². The molecule has 0 spiro atoms. The molecule has 0 unspecified atom stereocenters. The van der Waals surface area contributed by atoms with E-state index in [4.69, 9.17) is 5.11 Å². The minimum Gasteiger partial charge on any atom is -0.744 e. The molecule has 0 saturated heterocycles. The molecule has 0 heterocycles. The average Bonchev–Trinajstić information content (AvgIpc) is 2.24. The maximum Gasteiger partial charge on any atom is 1.00 e. The zero-order chi connectivity index (χ0) is 13.1. The molecule has 0 amide bonds. The molecule has 0 atom stereocenters. The Labute approximate surface area is 127 Å². The van der Waals surface area contributed by atoms with Gasteiger partial charge in [-0.25, -0.2) is 13.2 Å². The third-order valence-electron chi connectivity index (χ3n) is 1.92. The van der Waals surface area contributed by atoms with Crippen LogP contribution in [0.2, 0.25) is 0 Å². The van der Waals surface area contributed by atoms with Gasteiger partial charge in [-0.1, -0.05) is 36.9 Å². The summed E-state index contributed by atoms with van der Waals surface area (Å²) in [6.07, 6.45) is 0.985. The molecule has 1 N–H and O–H groups in total. The molecule has 0 bridgehead atoms. The van der Waals surface area contributed by atoms with Crippen LogP contribution in [0.3, 0.4) is 0 Å². The maximum atomic E-state index is 10.9. The molecule has 0 aliphatic rings. The SMILES string of the molecule is C=C(C(=O)O)C(=Cc1ccccc1)S(=O)(=O)[O-].[Na+]. The summed E-state index contributed by atoms with van der Waals surface area (Å²) in [5.74, 6) is -1.55. The minimum absolute atomic E-state index is 0. The van der Waals surface area contributed by atoms with Crippen LogP contribution in [0, 0.1) is 0 Å². The summed E-state index contributed by atoms with van der Waals surface area (Å²) in [6, 6.07) is 8.05. The molecule has 18 heavy (non-hydrogen) atoms. The Morgan fingerprint density at radius 3 is 2.17 bits per heavy atom. The summed E-state index contributed by atoms with van der Waals surface area (Å²) in [4.78, 5) is 9.80. The fraction of sp³-hybridized carbons (Fsp3) is 0. The van der Waals surface area contributed by atoms with E-state index in [1.807, 2.05) is 0 Å². The van der Waals surface area contributed by atoms with Gasteiger partial charge in [-0.15, -0.1) is 0 Å². The normalized spacial score (nSPS) is 11.5. The Bertz CT molecular complexity index is 575. The number of rotatable bonds is 4. The van der Waals surface area contributed by atoms with E-state index in [0.29, 0.717) is 5.56 Å². The molecule has 0 radical (unpaired) electrons. The van der Waals surface area contributed by atoms with Crippen molar-refractivity contribution < 1.29 is 52.4 Å². The van der Waals surface area contributed by atoms with Crippen molar-refractivity contribution in [2.45, 2.75) is 0 Å². The topological polar surface area (TPSA) is 94.5 Å². The van der Waals surface area contributed by atoms with Crippen molar-refractivity contribution in [2.75, 3.05) is 0 Å². The second kappa shape index (κ2) is 6.86. The predicted molar refractivity (Wildman–Crippen MR) is 60.9 cm³/mol. The number of benzene rings is 1. The predicted octanol–water partition coefficient (Wildman–Crippen LogP) is -1.78. The summed E-state index contributed by atoms with van der Waals surface area (Å²) in [5.41, 5.74) is -0.340. The van der Waals surface area contributed by atoms with Crippen LogP contribution in [0.15, 0.2) is 47.4 Å². The maximum absolute atomic E-state index is 10.9. The molecule has 5 nitrogen and oxygen atoms in total. The van der Waals surface area contributed by atoms with E-state index in [9.17, 15) is 17.8 Å². The van der Waals surface area contributed by atoms with Gasteiger partial charge < -0.3 is 9.66 Å². The van der Waals surface area contributed by atoms with Gasteiger partial charge in [0.25, 0.3) is 0 Å². The van der Waals surface area contributed by atoms with Gasteiger partial charge in [-0.2, -0.15) is 0 Å². The van der Waals surface area contributed by atoms with E-state index in [1.54, 1.807) is 30.3 Å². The number of carboxylic acids is 1. The summed E-state index contributed by atoms with van der Waals surface area (Å²) < 4.78 is 32.8. The molecule has 0 aliphatic heterocycles. The Hall–Kier alpha value is -0.920. The molecule has 90 valence electrons. The molecule has 0 aromatic heterocycles. The van der Waals surface area contributed by atoms with E-state index in [0.717, 1.165) is 6.08 Å². The molecule has 1 rings (SSSR count). The Morgan fingerprint density at radius 1 is 1.28 bits per heavy atom. The molecular formula is C11H9NaO5S.